The second-order valence-electron chi connectivity index (χ2n) is 7.35. The topological polar surface area (TPSA) is 55.8 Å². The number of para-hydroxylation sites is 2. The number of amides is 1. The predicted octanol–water partition coefficient (Wildman–Crippen LogP) is 2.85. The van der Waals surface area contributed by atoms with E-state index >= 15 is 0 Å². The summed E-state index contributed by atoms with van der Waals surface area (Å²) in [4.78, 5) is 17.4. The van der Waals surface area contributed by atoms with E-state index in [2.05, 4.69) is 21.2 Å². The third-order valence-corrected chi connectivity index (χ3v) is 5.53. The Morgan fingerprint density at radius 2 is 1.72 bits per heavy atom. The molecule has 1 amide bonds. The van der Waals surface area contributed by atoms with E-state index in [1.807, 2.05) is 25.1 Å². The van der Waals surface area contributed by atoms with E-state index < -0.39 is 0 Å². The molecule has 2 heterocycles. The van der Waals surface area contributed by atoms with Crippen LogP contribution in [-0.4, -0.2) is 54.2 Å². The van der Waals surface area contributed by atoms with Crippen molar-refractivity contribution in [3.63, 3.8) is 0 Å². The van der Waals surface area contributed by atoms with E-state index in [4.69, 9.17) is 0 Å². The number of hydrogen-bond acceptors (Lipinski definition) is 4. The number of nitrogens with zero attached hydrogens (tertiary/aromatic N) is 2. The van der Waals surface area contributed by atoms with Gasteiger partial charge in [0.25, 0.3) is 0 Å². The third-order valence-electron chi connectivity index (χ3n) is 5.53. The number of likely N-dealkylation sites (tertiary alicyclic amines) is 1. The van der Waals surface area contributed by atoms with Gasteiger partial charge in [-0.05, 0) is 57.8 Å². The molecule has 5 heteroatoms. The highest BCUT2D eigenvalue weighted by Gasteiger charge is 2.24. The fourth-order valence-electron chi connectivity index (χ4n) is 3.85. The molecule has 2 saturated heterocycles. The number of aliphatic hydroxyl groups excluding tert-OH is 1. The normalized spacial score (nSPS) is 21.6. The molecule has 2 N–H and O–H groups in total. The molecule has 1 atom stereocenters. The van der Waals surface area contributed by atoms with Crippen molar-refractivity contribution in [2.45, 2.75) is 57.6 Å². The highest BCUT2D eigenvalue weighted by molar-refractivity contribution is 5.97. The molecule has 1 unspecified atom stereocenters. The lowest BCUT2D eigenvalue weighted by Crippen LogP contribution is -2.43. The minimum atomic E-state index is -0.193. The number of aliphatic hydroxyl groups is 1. The van der Waals surface area contributed by atoms with Crippen LogP contribution in [0.3, 0.4) is 0 Å². The minimum Gasteiger partial charge on any atom is -0.393 e. The molecule has 25 heavy (non-hydrogen) atoms. The van der Waals surface area contributed by atoms with E-state index in [-0.39, 0.29) is 18.1 Å². The molecule has 0 spiro atoms. The van der Waals surface area contributed by atoms with Gasteiger partial charge in [0.15, 0.2) is 0 Å². The van der Waals surface area contributed by atoms with Gasteiger partial charge < -0.3 is 15.3 Å². The van der Waals surface area contributed by atoms with Crippen molar-refractivity contribution in [3.8, 4) is 0 Å². The Kier molecular flexibility index (Phi) is 6.32. The number of hydrogen-bond donors (Lipinski definition) is 2. The molecule has 5 nitrogen and oxygen atoms in total. The highest BCUT2D eigenvalue weighted by Crippen LogP contribution is 2.28. The second-order valence-corrected chi connectivity index (χ2v) is 7.35. The van der Waals surface area contributed by atoms with Gasteiger partial charge in [0.1, 0.15) is 0 Å². The quantitative estimate of drug-likeness (QED) is 0.881. The third kappa shape index (κ3) is 4.73. The summed E-state index contributed by atoms with van der Waals surface area (Å²) in [5.74, 6) is 0.0754. The lowest BCUT2D eigenvalue weighted by Gasteiger charge is -2.33. The first-order valence-electron chi connectivity index (χ1n) is 9.72. The van der Waals surface area contributed by atoms with Crippen molar-refractivity contribution < 1.29 is 9.90 Å². The molecular weight excluding hydrogens is 314 g/mol. The van der Waals surface area contributed by atoms with Gasteiger partial charge in [-0.15, -0.1) is 0 Å². The van der Waals surface area contributed by atoms with Gasteiger partial charge >= 0.3 is 0 Å². The second kappa shape index (κ2) is 8.68. The number of anilines is 2. The number of rotatable bonds is 4. The SMILES string of the molecule is CC(C(=O)Nc1ccccc1N1CCC(O)CC1)N1CCCCCC1. The Labute approximate surface area is 151 Å². The van der Waals surface area contributed by atoms with Crippen molar-refractivity contribution >= 4 is 17.3 Å². The Morgan fingerprint density at radius 1 is 1.08 bits per heavy atom. The Morgan fingerprint density at radius 3 is 2.40 bits per heavy atom. The number of benzene rings is 1. The fourth-order valence-corrected chi connectivity index (χ4v) is 3.85. The zero-order chi connectivity index (χ0) is 17.6. The van der Waals surface area contributed by atoms with Crippen LogP contribution in [0.2, 0.25) is 0 Å². The molecule has 0 aliphatic carbocycles. The van der Waals surface area contributed by atoms with E-state index in [1.54, 1.807) is 0 Å². The summed E-state index contributed by atoms with van der Waals surface area (Å²) in [5, 5.41) is 12.9. The maximum atomic E-state index is 12.8. The highest BCUT2D eigenvalue weighted by atomic mass is 16.3. The average molecular weight is 345 g/mol. The first-order chi connectivity index (χ1) is 12.1. The molecular formula is C20H31N3O2. The maximum Gasteiger partial charge on any atom is 0.241 e. The van der Waals surface area contributed by atoms with Gasteiger partial charge in [-0.1, -0.05) is 25.0 Å². The Hall–Kier alpha value is -1.59. The molecule has 138 valence electrons. The van der Waals surface area contributed by atoms with Crippen LogP contribution in [0, 0.1) is 0 Å². The van der Waals surface area contributed by atoms with Crippen molar-refractivity contribution in [2.24, 2.45) is 0 Å². The van der Waals surface area contributed by atoms with E-state index in [1.165, 1.54) is 25.7 Å². The summed E-state index contributed by atoms with van der Waals surface area (Å²) < 4.78 is 0. The zero-order valence-electron chi connectivity index (χ0n) is 15.3. The van der Waals surface area contributed by atoms with Crippen LogP contribution in [0.15, 0.2) is 24.3 Å². The fraction of sp³-hybridized carbons (Fsp3) is 0.650. The average Bonchev–Trinajstić information content (AvgIpc) is 2.92. The molecule has 2 aliphatic heterocycles. The van der Waals surface area contributed by atoms with Crippen LogP contribution in [0.5, 0.6) is 0 Å². The molecule has 0 bridgehead atoms. The predicted molar refractivity (Wildman–Crippen MR) is 102 cm³/mol. The standard InChI is InChI=1S/C20H31N3O2/c1-16(22-12-6-2-3-7-13-22)20(25)21-18-8-4-5-9-19(18)23-14-10-17(24)11-15-23/h4-5,8-9,16-17,24H,2-3,6-7,10-15H2,1H3,(H,21,25). The Bertz CT molecular complexity index is 562. The molecule has 1 aromatic carbocycles. The first kappa shape index (κ1) is 18.2. The van der Waals surface area contributed by atoms with Gasteiger partial charge in [-0.25, -0.2) is 0 Å². The van der Waals surface area contributed by atoms with Crippen molar-refractivity contribution in [3.05, 3.63) is 24.3 Å². The largest absolute Gasteiger partial charge is 0.393 e. The van der Waals surface area contributed by atoms with Crippen molar-refractivity contribution in [1.82, 2.24) is 4.90 Å². The summed E-state index contributed by atoms with van der Waals surface area (Å²) in [6.07, 6.45) is 6.29. The van der Waals surface area contributed by atoms with Crippen LogP contribution in [-0.2, 0) is 4.79 Å². The monoisotopic (exact) mass is 345 g/mol. The van der Waals surface area contributed by atoms with E-state index in [0.29, 0.717) is 0 Å². The van der Waals surface area contributed by atoms with Gasteiger partial charge in [-0.3, -0.25) is 9.69 Å². The number of nitrogens with one attached hydrogen (secondary N) is 1. The molecule has 1 aromatic rings. The first-order valence-corrected chi connectivity index (χ1v) is 9.72. The number of piperidine rings is 1. The zero-order valence-corrected chi connectivity index (χ0v) is 15.3. The summed E-state index contributed by atoms with van der Waals surface area (Å²) in [5.41, 5.74) is 1.94. The maximum absolute atomic E-state index is 12.8. The summed E-state index contributed by atoms with van der Waals surface area (Å²) >= 11 is 0. The van der Waals surface area contributed by atoms with Gasteiger partial charge in [-0.2, -0.15) is 0 Å². The van der Waals surface area contributed by atoms with Gasteiger partial charge in [0, 0.05) is 13.1 Å². The van der Waals surface area contributed by atoms with Crippen LogP contribution in [0.25, 0.3) is 0 Å². The summed E-state index contributed by atoms with van der Waals surface area (Å²) in [6.45, 7) is 5.70. The van der Waals surface area contributed by atoms with Crippen LogP contribution < -0.4 is 10.2 Å². The summed E-state index contributed by atoms with van der Waals surface area (Å²) in [6, 6.07) is 7.91. The van der Waals surface area contributed by atoms with Gasteiger partial charge in [0.05, 0.1) is 23.5 Å². The minimum absolute atomic E-state index is 0.0754. The smallest absolute Gasteiger partial charge is 0.241 e. The van der Waals surface area contributed by atoms with E-state index in [0.717, 1.165) is 50.4 Å². The lowest BCUT2D eigenvalue weighted by atomic mass is 10.1. The lowest BCUT2D eigenvalue weighted by molar-refractivity contribution is -0.120. The van der Waals surface area contributed by atoms with Crippen molar-refractivity contribution in [1.29, 1.82) is 0 Å². The van der Waals surface area contributed by atoms with Crippen LogP contribution in [0.4, 0.5) is 11.4 Å². The molecule has 2 fully saturated rings. The summed E-state index contributed by atoms with van der Waals surface area (Å²) in [7, 11) is 0. The Balaban J connectivity index is 1.66. The van der Waals surface area contributed by atoms with Crippen molar-refractivity contribution in [2.75, 3.05) is 36.4 Å². The molecule has 0 aromatic heterocycles. The van der Waals surface area contributed by atoms with E-state index in [9.17, 15) is 9.90 Å². The molecule has 2 aliphatic rings. The molecule has 0 saturated carbocycles. The molecule has 0 radical (unpaired) electrons. The number of carbonyl (C=O) groups is 1. The number of carbonyl (C=O) groups excluding carboxylic acids is 1. The van der Waals surface area contributed by atoms with Gasteiger partial charge in [0.2, 0.25) is 5.91 Å². The van der Waals surface area contributed by atoms with Crippen LogP contribution >= 0.6 is 0 Å². The van der Waals surface area contributed by atoms with Crippen LogP contribution in [0.1, 0.15) is 45.4 Å². The molecule has 3 rings (SSSR count).